The molecule has 1 saturated heterocycles. The largest absolute Gasteiger partial charge is 0.324 e. The topological polar surface area (TPSA) is 41.1 Å². The second-order valence-corrected chi connectivity index (χ2v) is 6.04. The number of carbonyl (C=O) groups excluding carboxylic acids is 1. The second kappa shape index (κ2) is 4.35. The highest BCUT2D eigenvalue weighted by Gasteiger charge is 2.24. The minimum Gasteiger partial charge on any atom is -0.324 e. The first kappa shape index (κ1) is 11.1. The molecule has 17 heavy (non-hydrogen) atoms. The standard InChI is InChI=1S/C13H16N2OS/c1-8-13(16)15-11-5-4-9(7-12(11)17-8)10-3-2-6-14-10/h4-5,7-8,10,14H,2-3,6H2,1H3,(H,15,16). The molecule has 1 amide bonds. The summed E-state index contributed by atoms with van der Waals surface area (Å²) in [5.41, 5.74) is 2.30. The van der Waals surface area contributed by atoms with Crippen LogP contribution < -0.4 is 10.6 Å². The van der Waals surface area contributed by atoms with Gasteiger partial charge >= 0.3 is 0 Å². The van der Waals surface area contributed by atoms with Gasteiger partial charge in [-0.1, -0.05) is 6.07 Å². The van der Waals surface area contributed by atoms with Crippen LogP contribution >= 0.6 is 11.8 Å². The molecule has 2 aliphatic heterocycles. The van der Waals surface area contributed by atoms with Crippen LogP contribution in [-0.4, -0.2) is 17.7 Å². The van der Waals surface area contributed by atoms with Crippen molar-refractivity contribution in [1.82, 2.24) is 5.32 Å². The fraction of sp³-hybridized carbons (Fsp3) is 0.462. The third kappa shape index (κ3) is 2.07. The third-order valence-electron chi connectivity index (χ3n) is 3.40. The van der Waals surface area contributed by atoms with E-state index in [1.807, 2.05) is 13.0 Å². The van der Waals surface area contributed by atoms with Crippen LogP contribution in [0.3, 0.4) is 0 Å². The number of thioether (sulfide) groups is 1. The Morgan fingerprint density at radius 1 is 1.41 bits per heavy atom. The van der Waals surface area contributed by atoms with Crippen molar-refractivity contribution in [3.8, 4) is 0 Å². The molecule has 1 aromatic rings. The smallest absolute Gasteiger partial charge is 0.237 e. The lowest BCUT2D eigenvalue weighted by atomic mass is 10.0. The van der Waals surface area contributed by atoms with Gasteiger partial charge in [-0.25, -0.2) is 0 Å². The van der Waals surface area contributed by atoms with E-state index < -0.39 is 0 Å². The van der Waals surface area contributed by atoms with Gasteiger partial charge in [-0.3, -0.25) is 4.79 Å². The van der Waals surface area contributed by atoms with Crippen molar-refractivity contribution in [2.45, 2.75) is 36.0 Å². The van der Waals surface area contributed by atoms with Gasteiger partial charge in [-0.05, 0) is 44.0 Å². The van der Waals surface area contributed by atoms with Crippen LogP contribution in [0.2, 0.25) is 0 Å². The lowest BCUT2D eigenvalue weighted by Gasteiger charge is -2.23. The van der Waals surface area contributed by atoms with Gasteiger partial charge < -0.3 is 10.6 Å². The Morgan fingerprint density at radius 2 is 2.29 bits per heavy atom. The van der Waals surface area contributed by atoms with Crippen LogP contribution in [0.5, 0.6) is 0 Å². The summed E-state index contributed by atoms with van der Waals surface area (Å²) >= 11 is 1.65. The van der Waals surface area contributed by atoms with E-state index in [2.05, 4.69) is 22.8 Å². The average molecular weight is 248 g/mol. The minimum atomic E-state index is 0.00860. The Kier molecular flexibility index (Phi) is 2.84. The summed E-state index contributed by atoms with van der Waals surface area (Å²) in [5, 5.41) is 6.46. The van der Waals surface area contributed by atoms with Gasteiger partial charge in [0.1, 0.15) is 0 Å². The van der Waals surface area contributed by atoms with Crippen molar-refractivity contribution < 1.29 is 4.79 Å². The van der Waals surface area contributed by atoms with Gasteiger partial charge in [0.15, 0.2) is 0 Å². The number of hydrogen-bond donors (Lipinski definition) is 2. The van der Waals surface area contributed by atoms with Gasteiger partial charge in [0.05, 0.1) is 10.9 Å². The molecule has 3 rings (SSSR count). The highest BCUT2D eigenvalue weighted by atomic mass is 32.2. The fourth-order valence-corrected chi connectivity index (χ4v) is 3.40. The summed E-state index contributed by atoms with van der Waals surface area (Å²) in [5.74, 6) is 0.106. The Bertz CT molecular complexity index is 455. The molecule has 1 aromatic carbocycles. The Labute approximate surface area is 105 Å². The number of fused-ring (bicyclic) bond motifs is 1. The van der Waals surface area contributed by atoms with E-state index in [0.29, 0.717) is 6.04 Å². The first-order chi connectivity index (χ1) is 8.24. The maximum Gasteiger partial charge on any atom is 0.237 e. The van der Waals surface area contributed by atoms with Gasteiger partial charge in [0, 0.05) is 10.9 Å². The van der Waals surface area contributed by atoms with E-state index in [1.54, 1.807) is 11.8 Å². The van der Waals surface area contributed by atoms with Gasteiger partial charge in [0.25, 0.3) is 0 Å². The molecule has 0 bridgehead atoms. The molecule has 2 atom stereocenters. The molecule has 0 saturated carbocycles. The molecule has 4 heteroatoms. The van der Waals surface area contributed by atoms with E-state index in [0.717, 1.165) is 12.2 Å². The number of amides is 1. The maximum absolute atomic E-state index is 11.6. The van der Waals surface area contributed by atoms with E-state index in [9.17, 15) is 4.79 Å². The summed E-state index contributed by atoms with van der Waals surface area (Å²) < 4.78 is 0. The van der Waals surface area contributed by atoms with Crippen LogP contribution in [-0.2, 0) is 4.79 Å². The SMILES string of the molecule is CC1Sc2cc(C3CCCN3)ccc2NC1=O. The molecule has 2 aliphatic rings. The summed E-state index contributed by atoms with van der Waals surface area (Å²) in [6, 6.07) is 6.87. The highest BCUT2D eigenvalue weighted by Crippen LogP contribution is 2.37. The summed E-state index contributed by atoms with van der Waals surface area (Å²) in [7, 11) is 0. The summed E-state index contributed by atoms with van der Waals surface area (Å²) in [6.45, 7) is 3.06. The monoisotopic (exact) mass is 248 g/mol. The molecule has 2 heterocycles. The molecule has 1 fully saturated rings. The molecule has 0 spiro atoms. The van der Waals surface area contributed by atoms with Crippen molar-refractivity contribution in [2.75, 3.05) is 11.9 Å². The molecular weight excluding hydrogens is 232 g/mol. The summed E-state index contributed by atoms with van der Waals surface area (Å²) in [4.78, 5) is 12.8. The minimum absolute atomic E-state index is 0.00860. The quantitative estimate of drug-likeness (QED) is 0.802. The van der Waals surface area contributed by atoms with Crippen molar-refractivity contribution in [3.63, 3.8) is 0 Å². The van der Waals surface area contributed by atoms with Gasteiger partial charge in [-0.15, -0.1) is 11.8 Å². The van der Waals surface area contributed by atoms with E-state index in [1.165, 1.54) is 23.3 Å². The first-order valence-electron chi connectivity index (χ1n) is 6.09. The van der Waals surface area contributed by atoms with Crippen LogP contribution in [0.15, 0.2) is 23.1 Å². The van der Waals surface area contributed by atoms with Crippen molar-refractivity contribution in [2.24, 2.45) is 0 Å². The molecular formula is C13H16N2OS. The Hall–Kier alpha value is -1.00. The summed E-state index contributed by atoms with van der Waals surface area (Å²) in [6.07, 6.45) is 2.47. The molecule has 2 unspecified atom stereocenters. The number of benzene rings is 1. The Balaban J connectivity index is 1.90. The lowest BCUT2D eigenvalue weighted by Crippen LogP contribution is -2.26. The normalized spacial score (nSPS) is 27.7. The van der Waals surface area contributed by atoms with E-state index >= 15 is 0 Å². The molecule has 90 valence electrons. The van der Waals surface area contributed by atoms with Crippen molar-refractivity contribution >= 4 is 23.4 Å². The van der Waals surface area contributed by atoms with Gasteiger partial charge in [-0.2, -0.15) is 0 Å². The zero-order valence-corrected chi connectivity index (χ0v) is 10.6. The van der Waals surface area contributed by atoms with Crippen LogP contribution in [0.25, 0.3) is 0 Å². The van der Waals surface area contributed by atoms with Crippen LogP contribution in [0.4, 0.5) is 5.69 Å². The number of nitrogens with one attached hydrogen (secondary N) is 2. The average Bonchev–Trinajstić information content (AvgIpc) is 2.83. The fourth-order valence-electron chi connectivity index (χ4n) is 2.40. The number of hydrogen-bond acceptors (Lipinski definition) is 3. The van der Waals surface area contributed by atoms with E-state index in [4.69, 9.17) is 0 Å². The van der Waals surface area contributed by atoms with Crippen LogP contribution in [0.1, 0.15) is 31.4 Å². The highest BCUT2D eigenvalue weighted by molar-refractivity contribution is 8.00. The third-order valence-corrected chi connectivity index (χ3v) is 4.56. The number of carbonyl (C=O) groups is 1. The maximum atomic E-state index is 11.6. The molecule has 3 nitrogen and oxygen atoms in total. The molecule has 2 N–H and O–H groups in total. The zero-order valence-electron chi connectivity index (χ0n) is 9.82. The zero-order chi connectivity index (χ0) is 11.8. The van der Waals surface area contributed by atoms with E-state index in [-0.39, 0.29) is 11.2 Å². The van der Waals surface area contributed by atoms with Crippen molar-refractivity contribution in [1.29, 1.82) is 0 Å². The Morgan fingerprint density at radius 3 is 3.06 bits per heavy atom. The lowest BCUT2D eigenvalue weighted by molar-refractivity contribution is -0.115. The molecule has 0 radical (unpaired) electrons. The molecule has 0 aliphatic carbocycles. The number of anilines is 1. The first-order valence-corrected chi connectivity index (χ1v) is 6.97. The second-order valence-electron chi connectivity index (χ2n) is 4.65. The van der Waals surface area contributed by atoms with Crippen LogP contribution in [0, 0.1) is 0 Å². The van der Waals surface area contributed by atoms with Crippen molar-refractivity contribution in [3.05, 3.63) is 23.8 Å². The predicted molar refractivity (Wildman–Crippen MR) is 70.4 cm³/mol. The van der Waals surface area contributed by atoms with Gasteiger partial charge in [0.2, 0.25) is 5.91 Å². The predicted octanol–water partition coefficient (Wildman–Crippen LogP) is 2.54. The molecule has 0 aromatic heterocycles. The number of rotatable bonds is 1.